The molecule has 1 aliphatic heterocycles. The maximum atomic E-state index is 13.4. The standard InChI is InChI=1S/C24H27N3O4S/c1-15(2)26-21-12-18(22(28)25-24(3)13-32(30,31)14-24)9-10-20(21)27(23(26)29)19-6-4-5-17(11-19)16-7-8-16/h4-6,9-12,15-16H,7-8,13-14H2,1-3H3,(H,25,28). The van der Waals surface area contributed by atoms with Gasteiger partial charge in [0.15, 0.2) is 9.84 Å². The highest BCUT2D eigenvalue weighted by Crippen LogP contribution is 2.40. The normalized spacial score (nSPS) is 19.1. The van der Waals surface area contributed by atoms with E-state index in [1.807, 2.05) is 26.0 Å². The zero-order chi connectivity index (χ0) is 22.8. The molecule has 1 N–H and O–H groups in total. The highest BCUT2D eigenvalue weighted by Gasteiger charge is 2.45. The van der Waals surface area contributed by atoms with E-state index in [-0.39, 0.29) is 29.1 Å². The van der Waals surface area contributed by atoms with Gasteiger partial charge in [0.1, 0.15) is 0 Å². The minimum Gasteiger partial charge on any atom is -0.345 e. The predicted octanol–water partition coefficient (Wildman–Crippen LogP) is 3.17. The van der Waals surface area contributed by atoms with Gasteiger partial charge in [-0.2, -0.15) is 0 Å². The SMILES string of the molecule is CC(C)n1c(=O)n(-c2cccc(C3CC3)c2)c2ccc(C(=O)NC3(C)CS(=O)(=O)C3)cc21. The average molecular weight is 454 g/mol. The van der Waals surface area contributed by atoms with Crippen LogP contribution in [0, 0.1) is 0 Å². The van der Waals surface area contributed by atoms with Gasteiger partial charge < -0.3 is 5.32 Å². The fourth-order valence-corrected chi connectivity index (χ4v) is 6.79. The fraction of sp³-hybridized carbons (Fsp3) is 0.417. The largest absolute Gasteiger partial charge is 0.345 e. The highest BCUT2D eigenvalue weighted by molar-refractivity contribution is 7.93. The second kappa shape index (κ2) is 7.07. The van der Waals surface area contributed by atoms with Gasteiger partial charge in [0.25, 0.3) is 5.91 Å². The first-order valence-electron chi connectivity index (χ1n) is 11.0. The molecular formula is C24H27N3O4S. The molecule has 2 heterocycles. The summed E-state index contributed by atoms with van der Waals surface area (Å²) < 4.78 is 26.5. The molecule has 0 atom stereocenters. The first-order chi connectivity index (χ1) is 15.1. The summed E-state index contributed by atoms with van der Waals surface area (Å²) in [5.74, 6) is 0.128. The second-order valence-corrected chi connectivity index (χ2v) is 11.8. The van der Waals surface area contributed by atoms with Crippen LogP contribution in [-0.4, -0.2) is 40.5 Å². The van der Waals surface area contributed by atoms with E-state index < -0.39 is 15.4 Å². The lowest BCUT2D eigenvalue weighted by Gasteiger charge is -2.38. The van der Waals surface area contributed by atoms with Crippen LogP contribution in [0.25, 0.3) is 16.7 Å². The van der Waals surface area contributed by atoms with Crippen molar-refractivity contribution in [3.8, 4) is 5.69 Å². The lowest BCUT2D eigenvalue weighted by atomic mass is 10.1. The van der Waals surface area contributed by atoms with Crippen molar-refractivity contribution in [2.45, 2.75) is 51.1 Å². The third kappa shape index (κ3) is 3.56. The van der Waals surface area contributed by atoms with E-state index in [1.165, 1.54) is 18.4 Å². The van der Waals surface area contributed by atoms with Crippen molar-refractivity contribution in [2.75, 3.05) is 11.5 Å². The first-order valence-corrected chi connectivity index (χ1v) is 12.8. The van der Waals surface area contributed by atoms with Gasteiger partial charge in [0.2, 0.25) is 0 Å². The number of aromatic nitrogens is 2. The summed E-state index contributed by atoms with van der Waals surface area (Å²) in [6.45, 7) is 5.62. The summed E-state index contributed by atoms with van der Waals surface area (Å²) in [5.41, 5.74) is 3.01. The molecule has 168 valence electrons. The summed E-state index contributed by atoms with van der Waals surface area (Å²) in [5, 5.41) is 2.85. The molecule has 1 aromatic heterocycles. The minimum absolute atomic E-state index is 0.0571. The minimum atomic E-state index is -3.07. The number of imidazole rings is 1. The van der Waals surface area contributed by atoms with E-state index in [2.05, 4.69) is 17.4 Å². The zero-order valence-electron chi connectivity index (χ0n) is 18.5. The summed E-state index contributed by atoms with van der Waals surface area (Å²) in [6.07, 6.45) is 2.37. The van der Waals surface area contributed by atoms with Crippen LogP contribution >= 0.6 is 0 Å². The van der Waals surface area contributed by atoms with Crippen molar-refractivity contribution in [2.24, 2.45) is 0 Å². The molecule has 7 nitrogen and oxygen atoms in total. The lowest BCUT2D eigenvalue weighted by Crippen LogP contribution is -2.63. The Labute approximate surface area is 187 Å². The molecule has 2 aliphatic rings. The number of fused-ring (bicyclic) bond motifs is 1. The topological polar surface area (TPSA) is 90.2 Å². The Morgan fingerprint density at radius 2 is 1.81 bits per heavy atom. The Bertz CT molecular complexity index is 1400. The van der Waals surface area contributed by atoms with Crippen LogP contribution in [0.2, 0.25) is 0 Å². The Morgan fingerprint density at radius 1 is 1.09 bits per heavy atom. The molecule has 3 aromatic rings. The molecule has 0 unspecified atom stereocenters. The van der Waals surface area contributed by atoms with Gasteiger partial charge in [0, 0.05) is 11.6 Å². The van der Waals surface area contributed by atoms with Gasteiger partial charge >= 0.3 is 5.69 Å². The Hall–Kier alpha value is -2.87. The number of nitrogens with zero attached hydrogens (tertiary/aromatic N) is 2. The van der Waals surface area contributed by atoms with E-state index in [9.17, 15) is 18.0 Å². The van der Waals surface area contributed by atoms with Gasteiger partial charge in [-0.15, -0.1) is 0 Å². The molecule has 1 amide bonds. The number of hydrogen-bond acceptors (Lipinski definition) is 4. The molecule has 1 saturated heterocycles. The molecule has 32 heavy (non-hydrogen) atoms. The molecular weight excluding hydrogens is 426 g/mol. The van der Waals surface area contributed by atoms with Gasteiger partial charge in [0.05, 0.1) is 33.8 Å². The number of carbonyl (C=O) groups excluding carboxylic acids is 1. The summed E-state index contributed by atoms with van der Waals surface area (Å²) in [4.78, 5) is 26.3. The van der Waals surface area contributed by atoms with Crippen LogP contribution in [0.3, 0.4) is 0 Å². The van der Waals surface area contributed by atoms with Crippen LogP contribution in [0.1, 0.15) is 61.5 Å². The number of nitrogens with one attached hydrogen (secondary N) is 1. The van der Waals surface area contributed by atoms with Gasteiger partial charge in [-0.25, -0.2) is 13.2 Å². The smallest absolute Gasteiger partial charge is 0.333 e. The summed E-state index contributed by atoms with van der Waals surface area (Å²) in [7, 11) is -3.07. The number of hydrogen-bond donors (Lipinski definition) is 1. The van der Waals surface area contributed by atoms with Crippen LogP contribution in [0.5, 0.6) is 0 Å². The molecule has 8 heteroatoms. The number of benzene rings is 2. The quantitative estimate of drug-likeness (QED) is 0.643. The van der Waals surface area contributed by atoms with Crippen LogP contribution < -0.4 is 11.0 Å². The molecule has 2 aromatic carbocycles. The van der Waals surface area contributed by atoms with Gasteiger partial charge in [-0.3, -0.25) is 13.9 Å². The third-order valence-electron chi connectivity index (χ3n) is 6.32. The van der Waals surface area contributed by atoms with Crippen LogP contribution in [-0.2, 0) is 9.84 Å². The highest BCUT2D eigenvalue weighted by atomic mass is 32.2. The molecule has 0 spiro atoms. The van der Waals surface area contributed by atoms with Gasteiger partial charge in [-0.1, -0.05) is 12.1 Å². The van der Waals surface area contributed by atoms with Crippen molar-refractivity contribution in [3.63, 3.8) is 0 Å². The van der Waals surface area contributed by atoms with Crippen molar-refractivity contribution in [3.05, 3.63) is 64.1 Å². The lowest BCUT2D eigenvalue weighted by molar-refractivity contribution is 0.0917. The van der Waals surface area contributed by atoms with E-state index in [0.717, 1.165) is 11.2 Å². The second-order valence-electron chi connectivity index (χ2n) is 9.70. The Balaban J connectivity index is 1.57. The van der Waals surface area contributed by atoms with E-state index >= 15 is 0 Å². The average Bonchev–Trinajstić information content (AvgIpc) is 3.48. The molecule has 1 saturated carbocycles. The van der Waals surface area contributed by atoms with E-state index in [1.54, 1.807) is 34.3 Å². The third-order valence-corrected chi connectivity index (χ3v) is 8.48. The van der Waals surface area contributed by atoms with Crippen molar-refractivity contribution in [1.82, 2.24) is 14.5 Å². The Morgan fingerprint density at radius 3 is 2.44 bits per heavy atom. The molecule has 2 fully saturated rings. The zero-order valence-corrected chi connectivity index (χ0v) is 19.3. The van der Waals surface area contributed by atoms with Crippen molar-refractivity contribution >= 4 is 26.8 Å². The molecule has 0 radical (unpaired) electrons. The predicted molar refractivity (Wildman–Crippen MR) is 124 cm³/mol. The number of carbonyl (C=O) groups is 1. The molecule has 0 bridgehead atoms. The number of sulfone groups is 1. The monoisotopic (exact) mass is 453 g/mol. The van der Waals surface area contributed by atoms with Gasteiger partial charge in [-0.05, 0) is 75.4 Å². The summed E-state index contributed by atoms with van der Waals surface area (Å²) in [6, 6.07) is 13.3. The summed E-state index contributed by atoms with van der Waals surface area (Å²) >= 11 is 0. The number of rotatable bonds is 5. The van der Waals surface area contributed by atoms with Crippen molar-refractivity contribution in [1.29, 1.82) is 0 Å². The van der Waals surface area contributed by atoms with Crippen molar-refractivity contribution < 1.29 is 13.2 Å². The van der Waals surface area contributed by atoms with E-state index in [0.29, 0.717) is 17.0 Å². The van der Waals surface area contributed by atoms with Crippen LogP contribution in [0.4, 0.5) is 0 Å². The molecule has 5 rings (SSSR count). The Kier molecular flexibility index (Phi) is 4.64. The maximum Gasteiger partial charge on any atom is 0.333 e. The molecule has 1 aliphatic carbocycles. The maximum absolute atomic E-state index is 13.4. The van der Waals surface area contributed by atoms with Crippen LogP contribution in [0.15, 0.2) is 47.3 Å². The van der Waals surface area contributed by atoms with E-state index in [4.69, 9.17) is 0 Å². The number of amides is 1. The fourth-order valence-electron chi connectivity index (χ4n) is 4.79. The first kappa shape index (κ1) is 21.0.